The minimum Gasteiger partial charge on any atom is -0.389 e. The van der Waals surface area contributed by atoms with Gasteiger partial charge in [0.15, 0.2) is 0 Å². The zero-order chi connectivity index (χ0) is 9.14. The maximum atomic E-state index is 11.2. The summed E-state index contributed by atoms with van der Waals surface area (Å²) in [6.07, 6.45) is 0.942. The number of hydrogen-bond acceptors (Lipinski definition) is 3. The van der Waals surface area contributed by atoms with E-state index in [9.17, 15) is 4.79 Å². The number of amides is 1. The number of aliphatic hydroxyl groups excluding tert-OH is 1. The molecule has 0 aromatic heterocycles. The summed E-state index contributed by atoms with van der Waals surface area (Å²) in [6.45, 7) is 4.15. The minimum absolute atomic E-state index is 0.202. The maximum absolute atomic E-state index is 11.2. The van der Waals surface area contributed by atoms with E-state index >= 15 is 0 Å². The van der Waals surface area contributed by atoms with E-state index in [0.29, 0.717) is 0 Å². The minimum atomic E-state index is -0.542. The molecule has 1 heterocycles. The fourth-order valence-electron chi connectivity index (χ4n) is 0.945. The SMILES string of the molecule is CC(C)=CC(=O)N1CC(O)CO1. The average molecular weight is 171 g/mol. The van der Waals surface area contributed by atoms with Crippen LogP contribution in [-0.4, -0.2) is 35.3 Å². The van der Waals surface area contributed by atoms with Crippen molar-refractivity contribution in [1.82, 2.24) is 5.06 Å². The van der Waals surface area contributed by atoms with E-state index in [-0.39, 0.29) is 19.1 Å². The molecule has 1 aliphatic rings. The quantitative estimate of drug-likeness (QED) is 0.569. The van der Waals surface area contributed by atoms with Gasteiger partial charge in [-0.15, -0.1) is 0 Å². The molecule has 0 saturated carbocycles. The molecule has 1 aliphatic heterocycles. The Kier molecular flexibility index (Phi) is 2.83. The predicted molar refractivity (Wildman–Crippen MR) is 43.1 cm³/mol. The van der Waals surface area contributed by atoms with Gasteiger partial charge in [0.1, 0.15) is 12.7 Å². The first-order valence-corrected chi connectivity index (χ1v) is 3.87. The lowest BCUT2D eigenvalue weighted by Gasteiger charge is -2.10. The highest BCUT2D eigenvalue weighted by Gasteiger charge is 2.24. The molecule has 1 amide bonds. The molecule has 1 saturated heterocycles. The molecule has 0 aliphatic carbocycles. The second kappa shape index (κ2) is 3.69. The molecule has 12 heavy (non-hydrogen) atoms. The van der Waals surface area contributed by atoms with Crippen LogP contribution in [0, 0.1) is 0 Å². The van der Waals surface area contributed by atoms with Crippen molar-refractivity contribution in [2.45, 2.75) is 20.0 Å². The van der Waals surface area contributed by atoms with Crippen molar-refractivity contribution in [1.29, 1.82) is 0 Å². The van der Waals surface area contributed by atoms with Crippen molar-refractivity contribution >= 4 is 5.91 Å². The third kappa shape index (κ3) is 2.32. The van der Waals surface area contributed by atoms with E-state index < -0.39 is 6.10 Å². The molecule has 1 rings (SSSR count). The van der Waals surface area contributed by atoms with Gasteiger partial charge in [0, 0.05) is 6.08 Å². The summed E-state index contributed by atoms with van der Waals surface area (Å²) in [4.78, 5) is 16.1. The first-order chi connectivity index (χ1) is 5.59. The van der Waals surface area contributed by atoms with Gasteiger partial charge in [-0.3, -0.25) is 9.63 Å². The van der Waals surface area contributed by atoms with Crippen molar-refractivity contribution in [3.05, 3.63) is 11.6 Å². The molecule has 1 N–H and O–H groups in total. The van der Waals surface area contributed by atoms with E-state index in [1.54, 1.807) is 0 Å². The monoisotopic (exact) mass is 171 g/mol. The van der Waals surface area contributed by atoms with Crippen molar-refractivity contribution in [3.63, 3.8) is 0 Å². The molecule has 1 fully saturated rings. The smallest absolute Gasteiger partial charge is 0.270 e. The van der Waals surface area contributed by atoms with Gasteiger partial charge in [0.25, 0.3) is 5.91 Å². The second-order valence-corrected chi connectivity index (χ2v) is 3.07. The van der Waals surface area contributed by atoms with Gasteiger partial charge < -0.3 is 5.11 Å². The van der Waals surface area contributed by atoms with Crippen LogP contribution in [0.3, 0.4) is 0 Å². The Labute approximate surface area is 71.4 Å². The standard InChI is InChI=1S/C8H13NO3/c1-6(2)3-8(11)9-4-7(10)5-12-9/h3,7,10H,4-5H2,1-2H3. The lowest BCUT2D eigenvalue weighted by atomic mass is 10.3. The van der Waals surface area contributed by atoms with Crippen molar-refractivity contribution in [2.24, 2.45) is 0 Å². The molecular formula is C8H13NO3. The molecule has 4 nitrogen and oxygen atoms in total. The van der Waals surface area contributed by atoms with Gasteiger partial charge in [-0.1, -0.05) is 5.57 Å². The molecule has 0 spiro atoms. The molecule has 0 radical (unpaired) electrons. The molecule has 68 valence electrons. The Morgan fingerprint density at radius 3 is 2.75 bits per heavy atom. The molecule has 1 unspecified atom stereocenters. The number of aliphatic hydroxyl groups is 1. The number of hydrogen-bond donors (Lipinski definition) is 1. The van der Waals surface area contributed by atoms with Crippen LogP contribution in [-0.2, 0) is 9.63 Å². The lowest BCUT2D eigenvalue weighted by Crippen LogP contribution is -2.26. The van der Waals surface area contributed by atoms with Crippen molar-refractivity contribution < 1.29 is 14.7 Å². The number of hydroxylamine groups is 2. The summed E-state index contributed by atoms with van der Waals surface area (Å²) in [5.74, 6) is -0.202. The van der Waals surface area contributed by atoms with E-state index in [1.807, 2.05) is 13.8 Å². The van der Waals surface area contributed by atoms with E-state index in [1.165, 1.54) is 11.1 Å². The summed E-state index contributed by atoms with van der Waals surface area (Å²) in [6, 6.07) is 0. The van der Waals surface area contributed by atoms with E-state index in [4.69, 9.17) is 9.94 Å². The van der Waals surface area contributed by atoms with Crippen LogP contribution in [0.25, 0.3) is 0 Å². The zero-order valence-corrected chi connectivity index (χ0v) is 7.28. The fraction of sp³-hybridized carbons (Fsp3) is 0.625. The van der Waals surface area contributed by atoms with Crippen LogP contribution in [0.1, 0.15) is 13.8 Å². The van der Waals surface area contributed by atoms with Gasteiger partial charge in [-0.25, -0.2) is 5.06 Å². The third-order valence-electron chi connectivity index (χ3n) is 1.46. The summed E-state index contributed by atoms with van der Waals surface area (Å²) in [7, 11) is 0. The van der Waals surface area contributed by atoms with Crippen LogP contribution < -0.4 is 0 Å². The Morgan fingerprint density at radius 2 is 2.33 bits per heavy atom. The molecular weight excluding hydrogens is 158 g/mol. The second-order valence-electron chi connectivity index (χ2n) is 3.07. The van der Waals surface area contributed by atoms with Crippen LogP contribution in [0.15, 0.2) is 11.6 Å². The Morgan fingerprint density at radius 1 is 1.67 bits per heavy atom. The highest BCUT2D eigenvalue weighted by molar-refractivity contribution is 5.87. The highest BCUT2D eigenvalue weighted by atomic mass is 16.7. The van der Waals surface area contributed by atoms with E-state index in [0.717, 1.165) is 5.57 Å². The summed E-state index contributed by atoms with van der Waals surface area (Å²) >= 11 is 0. The molecule has 0 aromatic carbocycles. The predicted octanol–water partition coefficient (Wildman–Crippen LogP) is 0.0873. The number of β-amino-alcohol motifs (C(OH)–C–C–N with tert-alkyl or cyclic N) is 1. The van der Waals surface area contributed by atoms with Crippen molar-refractivity contribution in [2.75, 3.05) is 13.2 Å². The number of nitrogens with zero attached hydrogens (tertiary/aromatic N) is 1. The van der Waals surface area contributed by atoms with Gasteiger partial charge in [-0.05, 0) is 13.8 Å². The number of carbonyl (C=O) groups is 1. The molecule has 1 atom stereocenters. The first-order valence-electron chi connectivity index (χ1n) is 3.87. The number of rotatable bonds is 1. The first kappa shape index (κ1) is 9.22. The van der Waals surface area contributed by atoms with Gasteiger partial charge in [0.05, 0.1) is 6.54 Å². The third-order valence-corrected chi connectivity index (χ3v) is 1.46. The van der Waals surface area contributed by atoms with Crippen LogP contribution in [0.4, 0.5) is 0 Å². The van der Waals surface area contributed by atoms with Crippen LogP contribution in [0.5, 0.6) is 0 Å². The normalized spacial score (nSPS) is 22.6. The van der Waals surface area contributed by atoms with Gasteiger partial charge >= 0.3 is 0 Å². The van der Waals surface area contributed by atoms with Crippen molar-refractivity contribution in [3.8, 4) is 0 Å². The topological polar surface area (TPSA) is 49.8 Å². The number of allylic oxidation sites excluding steroid dienone is 1. The Hall–Kier alpha value is -0.870. The molecule has 0 bridgehead atoms. The fourth-order valence-corrected chi connectivity index (χ4v) is 0.945. The number of carbonyl (C=O) groups excluding carboxylic acids is 1. The molecule has 0 aromatic rings. The largest absolute Gasteiger partial charge is 0.389 e. The van der Waals surface area contributed by atoms with Crippen LogP contribution in [0.2, 0.25) is 0 Å². The zero-order valence-electron chi connectivity index (χ0n) is 7.28. The summed E-state index contributed by atoms with van der Waals surface area (Å²) in [5.41, 5.74) is 0.921. The van der Waals surface area contributed by atoms with E-state index in [2.05, 4.69) is 0 Å². The lowest BCUT2D eigenvalue weighted by molar-refractivity contribution is -0.162. The average Bonchev–Trinajstić information content (AvgIpc) is 2.34. The highest BCUT2D eigenvalue weighted by Crippen LogP contribution is 2.06. The summed E-state index contributed by atoms with van der Waals surface area (Å²) in [5, 5.41) is 10.2. The Bertz CT molecular complexity index is 208. The van der Waals surface area contributed by atoms with Crippen LogP contribution >= 0.6 is 0 Å². The molecule has 4 heteroatoms. The van der Waals surface area contributed by atoms with Gasteiger partial charge in [0.2, 0.25) is 0 Å². The van der Waals surface area contributed by atoms with Gasteiger partial charge in [-0.2, -0.15) is 0 Å². The Balaban J connectivity index is 2.49. The maximum Gasteiger partial charge on any atom is 0.270 e. The summed E-state index contributed by atoms with van der Waals surface area (Å²) < 4.78 is 0.